The highest BCUT2D eigenvalue weighted by atomic mass is 32.1. The fraction of sp³-hybridized carbons (Fsp3) is 0.385. The van der Waals surface area contributed by atoms with Crippen LogP contribution in [0.5, 0.6) is 0 Å². The van der Waals surface area contributed by atoms with Gasteiger partial charge in [-0.2, -0.15) is 0 Å². The normalized spacial score (nSPS) is 10.6. The van der Waals surface area contributed by atoms with E-state index < -0.39 is 0 Å². The summed E-state index contributed by atoms with van der Waals surface area (Å²) in [5.41, 5.74) is 0. The minimum atomic E-state index is 0.858. The molecule has 0 fully saturated rings. The molecule has 0 spiro atoms. The molecule has 2 aromatic rings. The summed E-state index contributed by atoms with van der Waals surface area (Å²) >= 11 is 1.77. The van der Waals surface area contributed by atoms with Crippen molar-refractivity contribution in [2.75, 3.05) is 25.5 Å². The Labute approximate surface area is 112 Å². The van der Waals surface area contributed by atoms with Crippen molar-refractivity contribution in [1.82, 2.24) is 15.3 Å². The molecule has 0 saturated carbocycles. The maximum atomic E-state index is 4.57. The van der Waals surface area contributed by atoms with E-state index in [1.54, 1.807) is 11.3 Å². The number of anilines is 1. The number of hydrogen-bond acceptors (Lipinski definition) is 5. The molecule has 0 atom stereocenters. The van der Waals surface area contributed by atoms with Crippen molar-refractivity contribution in [3.63, 3.8) is 0 Å². The summed E-state index contributed by atoms with van der Waals surface area (Å²) in [6.07, 6.45) is 2.69. The molecule has 0 bridgehead atoms. The molecule has 96 valence electrons. The zero-order chi connectivity index (χ0) is 12.8. The van der Waals surface area contributed by atoms with E-state index in [1.165, 1.54) is 4.88 Å². The first kappa shape index (κ1) is 13.0. The second kappa shape index (κ2) is 6.47. The smallest absolute Gasteiger partial charge is 0.132 e. The third-order valence-electron chi connectivity index (χ3n) is 2.65. The van der Waals surface area contributed by atoms with Crippen LogP contribution >= 0.6 is 11.3 Å². The van der Waals surface area contributed by atoms with Crippen LogP contribution < -0.4 is 10.2 Å². The maximum Gasteiger partial charge on any atom is 0.132 e. The average Bonchev–Trinajstić information content (AvgIpc) is 2.89. The summed E-state index contributed by atoms with van der Waals surface area (Å²) in [5, 5.41) is 5.21. The summed E-state index contributed by atoms with van der Waals surface area (Å²) in [6.45, 7) is 1.79. The van der Waals surface area contributed by atoms with Crippen LogP contribution in [0.15, 0.2) is 29.8 Å². The van der Waals surface area contributed by atoms with Crippen LogP contribution in [0.3, 0.4) is 0 Å². The number of nitrogens with zero attached hydrogens (tertiary/aromatic N) is 3. The van der Waals surface area contributed by atoms with Crippen LogP contribution in [0.4, 0.5) is 5.82 Å². The SMILES string of the molecule is CNCCc1nccc(N(C)Cc2cccs2)n1. The molecule has 2 heterocycles. The number of nitrogens with one attached hydrogen (secondary N) is 1. The molecule has 0 aliphatic carbocycles. The quantitative estimate of drug-likeness (QED) is 0.864. The lowest BCUT2D eigenvalue weighted by atomic mass is 10.3. The number of rotatable bonds is 6. The van der Waals surface area contributed by atoms with Gasteiger partial charge in [0.2, 0.25) is 0 Å². The summed E-state index contributed by atoms with van der Waals surface area (Å²) in [5.74, 6) is 1.87. The Balaban J connectivity index is 2.03. The fourth-order valence-electron chi connectivity index (χ4n) is 1.68. The molecule has 18 heavy (non-hydrogen) atoms. The van der Waals surface area contributed by atoms with Crippen LogP contribution in [-0.2, 0) is 13.0 Å². The second-order valence-electron chi connectivity index (χ2n) is 4.12. The number of thiophene rings is 1. The third kappa shape index (κ3) is 3.51. The molecule has 1 N–H and O–H groups in total. The minimum Gasteiger partial charge on any atom is -0.354 e. The number of likely N-dealkylation sites (N-methyl/N-ethyl adjacent to an activating group) is 1. The molecule has 0 radical (unpaired) electrons. The predicted molar refractivity (Wildman–Crippen MR) is 76.1 cm³/mol. The fourth-order valence-corrected chi connectivity index (χ4v) is 2.43. The Bertz CT molecular complexity index is 470. The zero-order valence-electron chi connectivity index (χ0n) is 10.8. The molecule has 0 aliphatic rings. The summed E-state index contributed by atoms with van der Waals surface area (Å²) in [6, 6.07) is 6.17. The predicted octanol–water partition coefficient (Wildman–Crippen LogP) is 1.94. The molecule has 0 unspecified atom stereocenters. The van der Waals surface area contributed by atoms with Crippen LogP contribution in [-0.4, -0.2) is 30.6 Å². The first-order valence-corrected chi connectivity index (χ1v) is 6.87. The first-order valence-electron chi connectivity index (χ1n) is 5.99. The maximum absolute atomic E-state index is 4.57. The Morgan fingerprint density at radius 1 is 1.39 bits per heavy atom. The van der Waals surface area contributed by atoms with E-state index in [0.717, 1.165) is 31.2 Å². The van der Waals surface area contributed by atoms with E-state index in [0.29, 0.717) is 0 Å². The molecule has 0 amide bonds. The lowest BCUT2D eigenvalue weighted by molar-refractivity contribution is 0.750. The molecule has 4 nitrogen and oxygen atoms in total. The monoisotopic (exact) mass is 262 g/mol. The van der Waals surface area contributed by atoms with Crippen molar-refractivity contribution < 1.29 is 0 Å². The molecule has 0 aromatic carbocycles. The van der Waals surface area contributed by atoms with E-state index in [2.05, 4.69) is 44.7 Å². The van der Waals surface area contributed by atoms with Gasteiger partial charge in [-0.3, -0.25) is 0 Å². The highest BCUT2D eigenvalue weighted by molar-refractivity contribution is 7.09. The molecular weight excluding hydrogens is 244 g/mol. The molecule has 2 aromatic heterocycles. The Hall–Kier alpha value is -1.46. The van der Waals surface area contributed by atoms with Gasteiger partial charge in [-0.15, -0.1) is 11.3 Å². The van der Waals surface area contributed by atoms with Crippen LogP contribution in [0.2, 0.25) is 0 Å². The summed E-state index contributed by atoms with van der Waals surface area (Å²) in [7, 11) is 4.00. The molecular formula is C13H18N4S. The molecule has 0 saturated heterocycles. The summed E-state index contributed by atoms with van der Waals surface area (Å²) < 4.78 is 0. The van der Waals surface area contributed by atoms with Crippen molar-refractivity contribution in [2.24, 2.45) is 0 Å². The second-order valence-corrected chi connectivity index (χ2v) is 5.15. The summed E-state index contributed by atoms with van der Waals surface area (Å²) in [4.78, 5) is 12.3. The van der Waals surface area contributed by atoms with Gasteiger partial charge < -0.3 is 10.2 Å². The standard InChI is InChI=1S/C13H18N4S/c1-14-7-5-12-15-8-6-13(16-12)17(2)10-11-4-3-9-18-11/h3-4,6,8-9,14H,5,7,10H2,1-2H3. The van der Waals surface area contributed by atoms with Gasteiger partial charge in [0.1, 0.15) is 11.6 Å². The molecule has 2 rings (SSSR count). The van der Waals surface area contributed by atoms with Crippen molar-refractivity contribution in [2.45, 2.75) is 13.0 Å². The van der Waals surface area contributed by atoms with Crippen molar-refractivity contribution in [3.05, 3.63) is 40.5 Å². The largest absolute Gasteiger partial charge is 0.354 e. The van der Waals surface area contributed by atoms with Gasteiger partial charge in [0.15, 0.2) is 0 Å². The van der Waals surface area contributed by atoms with Gasteiger partial charge in [-0.1, -0.05) is 6.07 Å². The van der Waals surface area contributed by atoms with E-state index in [-0.39, 0.29) is 0 Å². The van der Waals surface area contributed by atoms with E-state index in [4.69, 9.17) is 0 Å². The highest BCUT2D eigenvalue weighted by Crippen LogP contribution is 2.15. The highest BCUT2D eigenvalue weighted by Gasteiger charge is 2.05. The van der Waals surface area contributed by atoms with Crippen molar-refractivity contribution >= 4 is 17.2 Å². The Morgan fingerprint density at radius 3 is 3.00 bits per heavy atom. The number of aromatic nitrogens is 2. The minimum absolute atomic E-state index is 0.858. The van der Waals surface area contributed by atoms with Crippen molar-refractivity contribution in [1.29, 1.82) is 0 Å². The Morgan fingerprint density at radius 2 is 2.28 bits per heavy atom. The first-order chi connectivity index (χ1) is 8.79. The van der Waals surface area contributed by atoms with Crippen LogP contribution in [0, 0.1) is 0 Å². The van der Waals surface area contributed by atoms with Gasteiger partial charge in [0.05, 0.1) is 6.54 Å². The Kier molecular flexibility index (Phi) is 4.66. The van der Waals surface area contributed by atoms with Gasteiger partial charge >= 0.3 is 0 Å². The molecule has 0 aliphatic heterocycles. The van der Waals surface area contributed by atoms with E-state index in [1.807, 2.05) is 19.3 Å². The van der Waals surface area contributed by atoms with Gasteiger partial charge in [0, 0.05) is 31.1 Å². The van der Waals surface area contributed by atoms with Gasteiger partial charge in [0.25, 0.3) is 0 Å². The lowest BCUT2D eigenvalue weighted by Gasteiger charge is -2.17. The van der Waals surface area contributed by atoms with E-state index >= 15 is 0 Å². The van der Waals surface area contributed by atoms with Gasteiger partial charge in [-0.05, 0) is 24.6 Å². The lowest BCUT2D eigenvalue weighted by Crippen LogP contribution is -2.19. The van der Waals surface area contributed by atoms with Crippen LogP contribution in [0.25, 0.3) is 0 Å². The molecule has 5 heteroatoms. The van der Waals surface area contributed by atoms with Crippen molar-refractivity contribution in [3.8, 4) is 0 Å². The van der Waals surface area contributed by atoms with Crippen LogP contribution in [0.1, 0.15) is 10.7 Å². The third-order valence-corrected chi connectivity index (χ3v) is 3.51. The average molecular weight is 262 g/mol. The number of hydrogen-bond donors (Lipinski definition) is 1. The zero-order valence-corrected chi connectivity index (χ0v) is 11.6. The van der Waals surface area contributed by atoms with E-state index in [9.17, 15) is 0 Å². The topological polar surface area (TPSA) is 41.1 Å². The van der Waals surface area contributed by atoms with Gasteiger partial charge in [-0.25, -0.2) is 9.97 Å².